The Bertz CT molecular complexity index is 1360. The van der Waals surface area contributed by atoms with Crippen molar-refractivity contribution in [1.82, 2.24) is 14.5 Å². The van der Waals surface area contributed by atoms with Gasteiger partial charge >= 0.3 is 17.8 Å². The predicted molar refractivity (Wildman–Crippen MR) is 131 cm³/mol. The van der Waals surface area contributed by atoms with Crippen molar-refractivity contribution in [2.75, 3.05) is 7.11 Å². The van der Waals surface area contributed by atoms with Gasteiger partial charge in [-0.05, 0) is 36.1 Å². The molecule has 0 saturated heterocycles. The lowest BCUT2D eigenvalue weighted by Gasteiger charge is -2.18. The largest absolute Gasteiger partial charge is 0.467 e. The van der Waals surface area contributed by atoms with Gasteiger partial charge in [0.1, 0.15) is 12.6 Å². The number of rotatable bonds is 7. The van der Waals surface area contributed by atoms with Crippen LogP contribution >= 0.6 is 0 Å². The molecule has 0 aliphatic heterocycles. The molecule has 0 spiro atoms. The Morgan fingerprint density at radius 3 is 2.29 bits per heavy atom. The van der Waals surface area contributed by atoms with Gasteiger partial charge in [0.15, 0.2) is 0 Å². The lowest BCUT2D eigenvalue weighted by molar-refractivity contribution is -0.143. The second-order valence-corrected chi connectivity index (χ2v) is 8.30. The van der Waals surface area contributed by atoms with E-state index in [0.29, 0.717) is 16.8 Å². The van der Waals surface area contributed by atoms with Crippen molar-refractivity contribution in [3.8, 4) is 11.1 Å². The first-order valence-corrected chi connectivity index (χ1v) is 11.1. The third-order valence-electron chi connectivity index (χ3n) is 5.95. The Kier molecular flexibility index (Phi) is 7.91. The molecule has 2 aromatic carbocycles. The Hall–Kier alpha value is -4.14. The van der Waals surface area contributed by atoms with Gasteiger partial charge in [0.05, 0.1) is 12.7 Å². The van der Waals surface area contributed by atoms with Gasteiger partial charge in [-0.3, -0.25) is 9.36 Å². The number of carbonyl (C=O) groups is 2. The van der Waals surface area contributed by atoms with Gasteiger partial charge in [0.2, 0.25) is 0 Å². The monoisotopic (exact) mass is 479 g/mol. The first-order valence-electron chi connectivity index (χ1n) is 11.1. The fourth-order valence-corrected chi connectivity index (χ4v) is 3.87. The molecule has 0 saturated carbocycles. The normalized spacial score (nSPS) is 11.6. The molecule has 1 heterocycles. The van der Waals surface area contributed by atoms with Gasteiger partial charge in [-0.15, -0.1) is 0 Å². The van der Waals surface area contributed by atoms with E-state index < -0.39 is 23.8 Å². The van der Waals surface area contributed by atoms with E-state index in [4.69, 9.17) is 9.47 Å². The van der Waals surface area contributed by atoms with E-state index in [2.05, 4.69) is 5.32 Å². The molecule has 35 heavy (non-hydrogen) atoms. The van der Waals surface area contributed by atoms with Crippen LogP contribution < -0.4 is 16.6 Å². The molecule has 0 aliphatic carbocycles. The predicted octanol–water partition coefficient (Wildman–Crippen LogP) is 2.38. The first-order chi connectivity index (χ1) is 16.6. The number of hydrogen-bond donors (Lipinski definition) is 1. The van der Waals surface area contributed by atoms with Crippen LogP contribution in [0.1, 0.15) is 22.4 Å². The number of aryl methyl sites for hydroxylation is 1. The van der Waals surface area contributed by atoms with Crippen LogP contribution in [0.25, 0.3) is 11.1 Å². The summed E-state index contributed by atoms with van der Waals surface area (Å²) >= 11 is 0. The molecule has 3 aromatic rings. The standard InChI is InChI=1S/C26H29N3O6/c1-16-13-19(11-12-20(16)22-17(2)28(3)26(33)29(4)23(22)30)14-21(24(31)34-5)27-25(32)35-15-18-9-7-6-8-10-18/h6-13,21H,14-15H2,1-5H3,(H,27,32). The third kappa shape index (κ3) is 5.68. The second-order valence-electron chi connectivity index (χ2n) is 8.30. The topological polar surface area (TPSA) is 109 Å². The number of benzene rings is 2. The zero-order chi connectivity index (χ0) is 25.7. The summed E-state index contributed by atoms with van der Waals surface area (Å²) in [7, 11) is 4.31. The van der Waals surface area contributed by atoms with E-state index in [9.17, 15) is 19.2 Å². The van der Waals surface area contributed by atoms with Gasteiger partial charge in [0, 0.05) is 26.2 Å². The van der Waals surface area contributed by atoms with Crippen molar-refractivity contribution in [2.24, 2.45) is 14.1 Å². The molecule has 184 valence electrons. The minimum Gasteiger partial charge on any atom is -0.467 e. The summed E-state index contributed by atoms with van der Waals surface area (Å²) in [4.78, 5) is 49.6. The molecule has 9 heteroatoms. The van der Waals surface area contributed by atoms with Crippen LogP contribution in [0.3, 0.4) is 0 Å². The van der Waals surface area contributed by atoms with Crippen LogP contribution in [0, 0.1) is 13.8 Å². The number of hydrogen-bond acceptors (Lipinski definition) is 6. The molecule has 1 N–H and O–H groups in total. The number of aromatic nitrogens is 2. The van der Waals surface area contributed by atoms with E-state index in [1.807, 2.05) is 43.3 Å². The van der Waals surface area contributed by atoms with Gasteiger partial charge < -0.3 is 19.4 Å². The Morgan fingerprint density at radius 2 is 1.66 bits per heavy atom. The molecule has 1 amide bonds. The number of amides is 1. The van der Waals surface area contributed by atoms with Gasteiger partial charge in [-0.25, -0.2) is 14.4 Å². The maximum absolute atomic E-state index is 12.8. The Balaban J connectivity index is 1.81. The summed E-state index contributed by atoms with van der Waals surface area (Å²) in [5, 5.41) is 2.56. The first kappa shape index (κ1) is 25.5. The summed E-state index contributed by atoms with van der Waals surface area (Å²) in [5.74, 6) is -0.605. The molecule has 1 atom stereocenters. The molecule has 0 bridgehead atoms. The van der Waals surface area contributed by atoms with E-state index in [1.54, 1.807) is 26.1 Å². The zero-order valence-corrected chi connectivity index (χ0v) is 20.5. The maximum atomic E-state index is 12.8. The van der Waals surface area contributed by atoms with Crippen molar-refractivity contribution < 1.29 is 19.1 Å². The average Bonchev–Trinajstić information content (AvgIpc) is 2.86. The minimum absolute atomic E-state index is 0.0717. The zero-order valence-electron chi connectivity index (χ0n) is 20.5. The van der Waals surface area contributed by atoms with E-state index in [-0.39, 0.29) is 18.6 Å². The molecular weight excluding hydrogens is 450 g/mol. The second kappa shape index (κ2) is 10.9. The Labute approximate surface area is 202 Å². The van der Waals surface area contributed by atoms with E-state index >= 15 is 0 Å². The molecule has 3 rings (SSSR count). The van der Waals surface area contributed by atoms with Crippen molar-refractivity contribution in [3.63, 3.8) is 0 Å². The molecule has 1 aromatic heterocycles. The summed E-state index contributed by atoms with van der Waals surface area (Å²) in [6.45, 7) is 3.64. The number of alkyl carbamates (subject to hydrolysis) is 1. The van der Waals surface area contributed by atoms with Crippen LogP contribution in [-0.4, -0.2) is 34.3 Å². The van der Waals surface area contributed by atoms with E-state index in [1.165, 1.54) is 18.7 Å². The maximum Gasteiger partial charge on any atom is 0.408 e. The average molecular weight is 480 g/mol. The summed E-state index contributed by atoms with van der Waals surface area (Å²) in [6, 6.07) is 13.6. The van der Waals surface area contributed by atoms with Crippen LogP contribution in [0.4, 0.5) is 4.79 Å². The number of carbonyl (C=O) groups excluding carboxylic acids is 2. The summed E-state index contributed by atoms with van der Waals surface area (Å²) in [5.41, 5.74) is 3.28. The number of nitrogens with one attached hydrogen (secondary N) is 1. The van der Waals surface area contributed by atoms with Crippen molar-refractivity contribution in [3.05, 3.63) is 91.8 Å². The molecule has 0 aliphatic rings. The van der Waals surface area contributed by atoms with Crippen LogP contribution in [0.5, 0.6) is 0 Å². The lowest BCUT2D eigenvalue weighted by atomic mass is 9.95. The molecular formula is C26H29N3O6. The number of methoxy groups -OCH3 is 1. The van der Waals surface area contributed by atoms with Crippen LogP contribution in [-0.2, 0) is 41.4 Å². The highest BCUT2D eigenvalue weighted by molar-refractivity contribution is 5.81. The fraction of sp³-hybridized carbons (Fsp3) is 0.308. The van der Waals surface area contributed by atoms with Gasteiger partial charge in [0.25, 0.3) is 5.56 Å². The van der Waals surface area contributed by atoms with Gasteiger partial charge in [-0.1, -0.05) is 48.5 Å². The number of nitrogens with zero attached hydrogens (tertiary/aromatic N) is 2. The quantitative estimate of drug-likeness (QED) is 0.521. The SMILES string of the molecule is COC(=O)C(Cc1ccc(-c2c(C)n(C)c(=O)n(C)c2=O)c(C)c1)NC(=O)OCc1ccccc1. The minimum atomic E-state index is -0.958. The highest BCUT2D eigenvalue weighted by Gasteiger charge is 2.24. The van der Waals surface area contributed by atoms with Crippen molar-refractivity contribution >= 4 is 12.1 Å². The smallest absolute Gasteiger partial charge is 0.408 e. The van der Waals surface area contributed by atoms with E-state index in [0.717, 1.165) is 21.3 Å². The highest BCUT2D eigenvalue weighted by atomic mass is 16.6. The summed E-state index contributed by atoms with van der Waals surface area (Å²) < 4.78 is 12.6. The lowest BCUT2D eigenvalue weighted by Crippen LogP contribution is -2.43. The van der Waals surface area contributed by atoms with Crippen LogP contribution in [0.2, 0.25) is 0 Å². The molecule has 0 fully saturated rings. The molecule has 0 radical (unpaired) electrons. The Morgan fingerprint density at radius 1 is 0.971 bits per heavy atom. The highest BCUT2D eigenvalue weighted by Crippen LogP contribution is 2.24. The number of ether oxygens (including phenoxy) is 2. The van der Waals surface area contributed by atoms with Gasteiger partial charge in [-0.2, -0.15) is 0 Å². The third-order valence-corrected chi connectivity index (χ3v) is 5.95. The summed E-state index contributed by atoms with van der Waals surface area (Å²) in [6.07, 6.45) is -0.569. The molecule has 9 nitrogen and oxygen atoms in total. The van der Waals surface area contributed by atoms with Crippen molar-refractivity contribution in [1.29, 1.82) is 0 Å². The fourth-order valence-electron chi connectivity index (χ4n) is 3.87. The molecule has 1 unspecified atom stereocenters. The van der Waals surface area contributed by atoms with Crippen molar-refractivity contribution in [2.45, 2.75) is 32.9 Å². The number of esters is 1. The van der Waals surface area contributed by atoms with Crippen LogP contribution in [0.15, 0.2) is 58.1 Å².